The molecule has 0 bridgehead atoms. The summed E-state index contributed by atoms with van der Waals surface area (Å²) in [5.41, 5.74) is 13.4. The second-order valence-corrected chi connectivity index (χ2v) is 7.61. The van der Waals surface area contributed by atoms with Crippen LogP contribution >= 0.6 is 11.6 Å². The van der Waals surface area contributed by atoms with Crippen LogP contribution in [0.15, 0.2) is 58.5 Å². The van der Waals surface area contributed by atoms with E-state index in [1.165, 1.54) is 0 Å². The average molecular weight is 396 g/mol. The monoisotopic (exact) mass is 395 g/mol. The van der Waals surface area contributed by atoms with E-state index in [0.29, 0.717) is 21.8 Å². The van der Waals surface area contributed by atoms with Gasteiger partial charge in [0.05, 0.1) is 5.69 Å². The van der Waals surface area contributed by atoms with Gasteiger partial charge >= 0.3 is 0 Å². The molecule has 2 aliphatic rings. The van der Waals surface area contributed by atoms with Crippen LogP contribution in [-0.4, -0.2) is 23.4 Å². The Labute approximate surface area is 168 Å². The van der Waals surface area contributed by atoms with Crippen molar-refractivity contribution in [1.82, 2.24) is 0 Å². The molecule has 0 radical (unpaired) electrons. The van der Waals surface area contributed by atoms with Crippen LogP contribution in [0.1, 0.15) is 48.0 Å². The summed E-state index contributed by atoms with van der Waals surface area (Å²) in [5.74, 6) is 0.306. The third kappa shape index (κ3) is 3.24. The second kappa shape index (κ2) is 7.28. The molecule has 2 aromatic rings. The molecule has 1 fully saturated rings. The molecule has 6 nitrogen and oxygen atoms in total. The Kier molecular flexibility index (Phi) is 4.81. The third-order valence-electron chi connectivity index (χ3n) is 5.33. The first kappa shape index (κ1) is 18.5. The van der Waals surface area contributed by atoms with Gasteiger partial charge in [-0.15, -0.1) is 0 Å². The van der Waals surface area contributed by atoms with Crippen molar-refractivity contribution >= 4 is 35.0 Å². The van der Waals surface area contributed by atoms with Crippen molar-refractivity contribution in [3.8, 4) is 0 Å². The predicted molar refractivity (Wildman–Crippen MR) is 113 cm³/mol. The Bertz CT molecular complexity index is 964. The van der Waals surface area contributed by atoms with E-state index in [2.05, 4.69) is 9.98 Å². The molecular formula is C21H22ClN5O. The number of nitrogens with two attached hydrogens (primary N) is 2. The molecular weight excluding hydrogens is 374 g/mol. The third-order valence-corrected chi connectivity index (χ3v) is 5.57. The molecule has 0 atom stereocenters. The number of guanidine groups is 2. The van der Waals surface area contributed by atoms with Gasteiger partial charge in [0.2, 0.25) is 11.9 Å². The molecule has 2 aromatic carbocycles. The molecule has 4 N–H and O–H groups in total. The number of halogens is 1. The lowest BCUT2D eigenvalue weighted by Crippen LogP contribution is -2.58. The summed E-state index contributed by atoms with van der Waals surface area (Å²) in [6.07, 6.45) is 4.71. The number of ketones is 1. The highest BCUT2D eigenvalue weighted by atomic mass is 35.5. The molecule has 0 unspecified atom stereocenters. The fourth-order valence-electron chi connectivity index (χ4n) is 4.10. The number of hydrogen-bond acceptors (Lipinski definition) is 6. The van der Waals surface area contributed by atoms with Gasteiger partial charge in [-0.1, -0.05) is 48.4 Å². The van der Waals surface area contributed by atoms with Gasteiger partial charge < -0.3 is 11.5 Å². The number of benzene rings is 2. The molecule has 1 heterocycles. The molecule has 144 valence electrons. The molecule has 4 rings (SSSR count). The summed E-state index contributed by atoms with van der Waals surface area (Å²) in [6.45, 7) is 0. The van der Waals surface area contributed by atoms with Crippen molar-refractivity contribution in [2.75, 3.05) is 4.90 Å². The van der Waals surface area contributed by atoms with Gasteiger partial charge in [0.1, 0.15) is 5.66 Å². The highest BCUT2D eigenvalue weighted by molar-refractivity contribution is 6.31. The first-order valence-electron chi connectivity index (χ1n) is 9.39. The number of aliphatic imine (C=N–C) groups is 2. The Hall–Kier alpha value is -2.86. The number of hydrogen-bond donors (Lipinski definition) is 2. The van der Waals surface area contributed by atoms with Crippen molar-refractivity contribution in [2.45, 2.75) is 37.8 Å². The van der Waals surface area contributed by atoms with E-state index in [1.54, 1.807) is 30.3 Å². The first-order chi connectivity index (χ1) is 13.5. The standard InChI is InChI=1S/C21H22ClN5O/c22-15-9-10-16(18(28)14-7-3-1-4-8-14)17(13-15)27-20(24)25-19(23)26-21(27)11-5-2-6-12-21/h1,3-4,7-10,13H,2,5-6,11-12H2,(H4,23,24,25,26). The number of carbonyl (C=O) groups excluding carboxylic acids is 1. The van der Waals surface area contributed by atoms with E-state index in [-0.39, 0.29) is 17.7 Å². The molecule has 1 saturated carbocycles. The molecule has 0 aromatic heterocycles. The molecule has 1 spiro atoms. The van der Waals surface area contributed by atoms with E-state index in [4.69, 9.17) is 23.1 Å². The maximum atomic E-state index is 13.3. The normalized spacial score (nSPS) is 18.5. The maximum absolute atomic E-state index is 13.3. The first-order valence-corrected chi connectivity index (χ1v) is 9.77. The van der Waals surface area contributed by atoms with Gasteiger partial charge in [-0.05, 0) is 43.9 Å². The maximum Gasteiger partial charge on any atom is 0.220 e. The Morgan fingerprint density at radius 1 is 1.04 bits per heavy atom. The summed E-state index contributed by atoms with van der Waals surface area (Å²) in [6, 6.07) is 14.3. The van der Waals surface area contributed by atoms with Crippen molar-refractivity contribution < 1.29 is 4.79 Å². The number of carbonyl (C=O) groups is 1. The highest BCUT2D eigenvalue weighted by Gasteiger charge is 2.43. The van der Waals surface area contributed by atoms with Crippen LogP contribution in [0.2, 0.25) is 5.02 Å². The quantitative estimate of drug-likeness (QED) is 0.774. The smallest absolute Gasteiger partial charge is 0.220 e. The number of anilines is 1. The average Bonchev–Trinajstić information content (AvgIpc) is 2.68. The molecule has 1 aliphatic heterocycles. The zero-order chi connectivity index (χ0) is 19.7. The summed E-state index contributed by atoms with van der Waals surface area (Å²) in [4.78, 5) is 24.0. The van der Waals surface area contributed by atoms with Crippen LogP contribution in [-0.2, 0) is 0 Å². The Morgan fingerprint density at radius 3 is 2.46 bits per heavy atom. The van der Waals surface area contributed by atoms with Gasteiger partial charge in [-0.2, -0.15) is 4.99 Å². The van der Waals surface area contributed by atoms with Crippen LogP contribution in [0.5, 0.6) is 0 Å². The predicted octanol–water partition coefficient (Wildman–Crippen LogP) is 3.68. The van der Waals surface area contributed by atoms with Crippen molar-refractivity contribution in [2.24, 2.45) is 21.5 Å². The number of nitrogens with zero attached hydrogens (tertiary/aromatic N) is 3. The largest absolute Gasteiger partial charge is 0.369 e. The summed E-state index contributed by atoms with van der Waals surface area (Å²) in [7, 11) is 0. The van der Waals surface area contributed by atoms with Crippen molar-refractivity contribution in [1.29, 1.82) is 0 Å². The van der Waals surface area contributed by atoms with Gasteiger partial charge in [0.15, 0.2) is 5.78 Å². The topological polar surface area (TPSA) is 97.1 Å². The van der Waals surface area contributed by atoms with Crippen molar-refractivity contribution in [3.05, 3.63) is 64.7 Å². The van der Waals surface area contributed by atoms with Crippen LogP contribution < -0.4 is 16.4 Å². The molecule has 0 amide bonds. The van der Waals surface area contributed by atoms with Crippen LogP contribution in [0.4, 0.5) is 5.69 Å². The summed E-state index contributed by atoms with van der Waals surface area (Å²) < 4.78 is 0. The fourth-order valence-corrected chi connectivity index (χ4v) is 4.26. The number of rotatable bonds is 3. The molecule has 1 aliphatic carbocycles. The lowest BCUT2D eigenvalue weighted by Gasteiger charge is -2.46. The minimum Gasteiger partial charge on any atom is -0.369 e. The van der Waals surface area contributed by atoms with E-state index >= 15 is 0 Å². The molecule has 28 heavy (non-hydrogen) atoms. The van der Waals surface area contributed by atoms with Gasteiger partial charge in [0.25, 0.3) is 0 Å². The summed E-state index contributed by atoms with van der Waals surface area (Å²) >= 11 is 6.31. The van der Waals surface area contributed by atoms with Gasteiger partial charge in [0, 0.05) is 16.1 Å². The SMILES string of the molecule is NC1=NC2(CCCCC2)N(c2cc(Cl)ccc2C(=O)c2ccccc2)C(N)=N1. The van der Waals surface area contributed by atoms with E-state index in [0.717, 1.165) is 32.1 Å². The minimum atomic E-state index is -0.634. The lowest BCUT2D eigenvalue weighted by molar-refractivity contribution is 0.103. The highest BCUT2D eigenvalue weighted by Crippen LogP contribution is 2.41. The van der Waals surface area contributed by atoms with E-state index in [1.807, 2.05) is 23.1 Å². The molecule has 0 saturated heterocycles. The zero-order valence-corrected chi connectivity index (χ0v) is 16.2. The van der Waals surface area contributed by atoms with E-state index in [9.17, 15) is 4.79 Å². The second-order valence-electron chi connectivity index (χ2n) is 7.18. The van der Waals surface area contributed by atoms with Gasteiger partial charge in [-0.3, -0.25) is 9.69 Å². The fraction of sp³-hybridized carbons (Fsp3) is 0.286. The Balaban J connectivity index is 1.87. The van der Waals surface area contributed by atoms with Crippen LogP contribution in [0, 0.1) is 0 Å². The van der Waals surface area contributed by atoms with Gasteiger partial charge in [-0.25, -0.2) is 4.99 Å². The minimum absolute atomic E-state index is 0.103. The Morgan fingerprint density at radius 2 is 1.75 bits per heavy atom. The van der Waals surface area contributed by atoms with Crippen molar-refractivity contribution in [3.63, 3.8) is 0 Å². The molecule has 7 heteroatoms. The zero-order valence-electron chi connectivity index (χ0n) is 15.4. The van der Waals surface area contributed by atoms with E-state index < -0.39 is 5.66 Å². The van der Waals surface area contributed by atoms with Crippen LogP contribution in [0.3, 0.4) is 0 Å². The van der Waals surface area contributed by atoms with Crippen LogP contribution in [0.25, 0.3) is 0 Å². The summed E-state index contributed by atoms with van der Waals surface area (Å²) in [5, 5.41) is 0.515. The lowest BCUT2D eigenvalue weighted by atomic mass is 9.86.